The molecule has 0 aliphatic rings. The predicted octanol–water partition coefficient (Wildman–Crippen LogP) is 3.97. The number of hydrogen-bond donors (Lipinski definition) is 2. The molecule has 1 heterocycles. The van der Waals surface area contributed by atoms with Crippen molar-refractivity contribution in [2.75, 3.05) is 5.32 Å². The maximum atomic E-state index is 12.2. The second-order valence-electron chi connectivity index (χ2n) is 5.64. The van der Waals surface area contributed by atoms with E-state index in [9.17, 15) is 4.79 Å². The van der Waals surface area contributed by atoms with Crippen LogP contribution >= 0.6 is 0 Å². The van der Waals surface area contributed by atoms with Gasteiger partial charge in [0.15, 0.2) is 0 Å². The van der Waals surface area contributed by atoms with Gasteiger partial charge in [0.05, 0.1) is 17.4 Å². The molecule has 1 amide bonds. The summed E-state index contributed by atoms with van der Waals surface area (Å²) < 4.78 is 0. The van der Waals surface area contributed by atoms with Gasteiger partial charge in [-0.3, -0.25) is 9.78 Å². The summed E-state index contributed by atoms with van der Waals surface area (Å²) >= 11 is 0. The van der Waals surface area contributed by atoms with Crippen LogP contribution in [-0.4, -0.2) is 16.9 Å². The number of aryl methyl sites for hydroxylation is 2. The summed E-state index contributed by atoms with van der Waals surface area (Å²) in [5, 5.41) is 6.31. The zero-order valence-electron chi connectivity index (χ0n) is 13.6. The minimum absolute atomic E-state index is 0.0907. The van der Waals surface area contributed by atoms with E-state index >= 15 is 0 Å². The molecular formula is C18H23N3O. The molecule has 2 N–H and O–H groups in total. The third-order valence-corrected chi connectivity index (χ3v) is 3.74. The minimum atomic E-state index is -0.0907. The van der Waals surface area contributed by atoms with Gasteiger partial charge in [-0.05, 0) is 44.4 Å². The Bertz CT molecular complexity index is 647. The summed E-state index contributed by atoms with van der Waals surface area (Å²) in [5.74, 6) is -0.0907. The Morgan fingerprint density at radius 3 is 2.55 bits per heavy atom. The van der Waals surface area contributed by atoms with Crippen LogP contribution in [0.4, 0.5) is 11.4 Å². The smallest absolute Gasteiger partial charge is 0.253 e. The monoisotopic (exact) mass is 297 g/mol. The largest absolute Gasteiger partial charge is 0.354 e. The minimum Gasteiger partial charge on any atom is -0.354 e. The average Bonchev–Trinajstić information content (AvgIpc) is 2.51. The van der Waals surface area contributed by atoms with E-state index in [1.54, 1.807) is 12.4 Å². The molecule has 4 heteroatoms. The summed E-state index contributed by atoms with van der Waals surface area (Å²) in [6, 6.07) is 8.13. The molecule has 1 atom stereocenters. The van der Waals surface area contributed by atoms with Gasteiger partial charge >= 0.3 is 0 Å². The van der Waals surface area contributed by atoms with E-state index < -0.39 is 0 Å². The molecule has 0 bridgehead atoms. The van der Waals surface area contributed by atoms with E-state index in [4.69, 9.17) is 0 Å². The first-order valence-electron chi connectivity index (χ1n) is 7.60. The third-order valence-electron chi connectivity index (χ3n) is 3.74. The molecule has 1 aromatic heterocycles. The number of nitrogens with one attached hydrogen (secondary N) is 2. The maximum absolute atomic E-state index is 12.2. The van der Waals surface area contributed by atoms with E-state index in [2.05, 4.69) is 41.6 Å². The van der Waals surface area contributed by atoms with E-state index in [0.717, 1.165) is 28.9 Å². The lowest BCUT2D eigenvalue weighted by molar-refractivity contribution is 0.0939. The topological polar surface area (TPSA) is 54.0 Å². The van der Waals surface area contributed by atoms with Gasteiger partial charge < -0.3 is 10.6 Å². The fourth-order valence-corrected chi connectivity index (χ4v) is 2.20. The maximum Gasteiger partial charge on any atom is 0.253 e. The van der Waals surface area contributed by atoms with Crippen LogP contribution in [0.2, 0.25) is 0 Å². The zero-order valence-corrected chi connectivity index (χ0v) is 13.6. The second-order valence-corrected chi connectivity index (χ2v) is 5.64. The molecule has 0 radical (unpaired) electrons. The van der Waals surface area contributed by atoms with Crippen molar-refractivity contribution in [2.45, 2.75) is 40.2 Å². The first-order chi connectivity index (χ1) is 10.5. The summed E-state index contributed by atoms with van der Waals surface area (Å²) in [7, 11) is 0. The molecule has 0 saturated heterocycles. The highest BCUT2D eigenvalue weighted by Gasteiger charge is 2.10. The van der Waals surface area contributed by atoms with Crippen LogP contribution in [-0.2, 0) is 0 Å². The number of amides is 1. The molecule has 2 aromatic rings. The van der Waals surface area contributed by atoms with Gasteiger partial charge in [0, 0.05) is 17.9 Å². The Hall–Kier alpha value is -2.36. The highest BCUT2D eigenvalue weighted by atomic mass is 16.1. The molecule has 1 aromatic carbocycles. The fraction of sp³-hybridized carbons (Fsp3) is 0.333. The van der Waals surface area contributed by atoms with Crippen LogP contribution < -0.4 is 10.6 Å². The van der Waals surface area contributed by atoms with E-state index in [-0.39, 0.29) is 11.9 Å². The van der Waals surface area contributed by atoms with Gasteiger partial charge in [0.2, 0.25) is 0 Å². The standard InChI is InChI=1S/C18H23N3O/c1-5-14(4)20-18(22)15-9-16(11-19-10-15)21-17-12(2)7-6-8-13(17)3/h6-11,14,21H,5H2,1-4H3,(H,20,22). The van der Waals surface area contributed by atoms with Gasteiger partial charge in [-0.25, -0.2) is 0 Å². The number of nitrogens with zero attached hydrogens (tertiary/aromatic N) is 1. The van der Waals surface area contributed by atoms with Crippen LogP contribution in [0.3, 0.4) is 0 Å². The molecule has 0 saturated carbocycles. The number of benzene rings is 1. The SMILES string of the molecule is CCC(C)NC(=O)c1cncc(Nc2c(C)cccc2C)c1. The molecule has 116 valence electrons. The number of anilines is 2. The van der Waals surface area contributed by atoms with Crippen molar-refractivity contribution in [3.63, 3.8) is 0 Å². The Balaban J connectivity index is 2.20. The van der Waals surface area contributed by atoms with Crippen LogP contribution in [0.25, 0.3) is 0 Å². The molecule has 2 rings (SSSR count). The lowest BCUT2D eigenvalue weighted by Gasteiger charge is -2.14. The summed E-state index contributed by atoms with van der Waals surface area (Å²) in [6.45, 7) is 8.15. The average molecular weight is 297 g/mol. The van der Waals surface area contributed by atoms with Crippen molar-refractivity contribution in [2.24, 2.45) is 0 Å². The number of hydrogen-bond acceptors (Lipinski definition) is 3. The summed E-state index contributed by atoms with van der Waals surface area (Å²) in [4.78, 5) is 16.3. The van der Waals surface area contributed by atoms with Crippen molar-refractivity contribution in [3.8, 4) is 0 Å². The molecule has 4 nitrogen and oxygen atoms in total. The number of carbonyl (C=O) groups excluding carboxylic acids is 1. The van der Waals surface area contributed by atoms with E-state index in [0.29, 0.717) is 5.56 Å². The number of rotatable bonds is 5. The van der Waals surface area contributed by atoms with Gasteiger partial charge in [-0.1, -0.05) is 25.1 Å². The van der Waals surface area contributed by atoms with Gasteiger partial charge in [0.1, 0.15) is 0 Å². The highest BCUT2D eigenvalue weighted by molar-refractivity contribution is 5.95. The summed E-state index contributed by atoms with van der Waals surface area (Å²) in [6.07, 6.45) is 4.22. The van der Waals surface area contributed by atoms with Crippen molar-refractivity contribution in [3.05, 3.63) is 53.3 Å². The molecule has 0 spiro atoms. The Kier molecular flexibility index (Phi) is 5.15. The van der Waals surface area contributed by atoms with Gasteiger partial charge in [-0.2, -0.15) is 0 Å². The van der Waals surface area contributed by atoms with Crippen LogP contribution in [0, 0.1) is 13.8 Å². The molecule has 0 aliphatic carbocycles. The van der Waals surface area contributed by atoms with Crippen LogP contribution in [0.1, 0.15) is 41.8 Å². The van der Waals surface area contributed by atoms with Crippen LogP contribution in [0.5, 0.6) is 0 Å². The first-order valence-corrected chi connectivity index (χ1v) is 7.60. The quantitative estimate of drug-likeness (QED) is 0.878. The number of para-hydroxylation sites is 1. The summed E-state index contributed by atoms with van der Waals surface area (Å²) in [5.41, 5.74) is 4.76. The number of pyridine rings is 1. The second kappa shape index (κ2) is 7.07. The fourth-order valence-electron chi connectivity index (χ4n) is 2.20. The Labute approximate surface area is 132 Å². The molecule has 22 heavy (non-hydrogen) atoms. The zero-order chi connectivity index (χ0) is 16.1. The highest BCUT2D eigenvalue weighted by Crippen LogP contribution is 2.24. The van der Waals surface area contributed by atoms with Crippen LogP contribution in [0.15, 0.2) is 36.7 Å². The number of carbonyl (C=O) groups is 1. The normalized spacial score (nSPS) is 11.8. The van der Waals surface area contributed by atoms with Gasteiger partial charge in [-0.15, -0.1) is 0 Å². The molecular weight excluding hydrogens is 274 g/mol. The van der Waals surface area contributed by atoms with Crippen molar-refractivity contribution in [1.82, 2.24) is 10.3 Å². The van der Waals surface area contributed by atoms with Crippen molar-refractivity contribution < 1.29 is 4.79 Å². The lowest BCUT2D eigenvalue weighted by atomic mass is 10.1. The van der Waals surface area contributed by atoms with Crippen molar-refractivity contribution >= 4 is 17.3 Å². The number of aromatic nitrogens is 1. The first kappa shape index (κ1) is 16.0. The lowest BCUT2D eigenvalue weighted by Crippen LogP contribution is -2.31. The predicted molar refractivity (Wildman–Crippen MR) is 90.7 cm³/mol. The van der Waals surface area contributed by atoms with Gasteiger partial charge in [0.25, 0.3) is 5.91 Å². The molecule has 0 aliphatic heterocycles. The van der Waals surface area contributed by atoms with Crippen molar-refractivity contribution in [1.29, 1.82) is 0 Å². The Morgan fingerprint density at radius 2 is 1.91 bits per heavy atom. The molecule has 1 unspecified atom stereocenters. The molecule has 0 fully saturated rings. The Morgan fingerprint density at radius 1 is 1.23 bits per heavy atom. The third kappa shape index (κ3) is 3.85. The van der Waals surface area contributed by atoms with E-state index in [1.165, 1.54) is 0 Å². The van der Waals surface area contributed by atoms with E-state index in [1.807, 2.05) is 26.0 Å².